The molecule has 1 saturated heterocycles. The number of Topliss-reactive ketones (excluding diaryl/α,β-unsaturated/α-hetero) is 1. The van der Waals surface area contributed by atoms with Crippen molar-refractivity contribution < 1.29 is 9.90 Å². The van der Waals surface area contributed by atoms with Crippen LogP contribution in [0.2, 0.25) is 0 Å². The Morgan fingerprint density at radius 1 is 1.00 bits per heavy atom. The normalized spacial score (nSPS) is 18.1. The van der Waals surface area contributed by atoms with Crippen LogP contribution in [-0.4, -0.2) is 41.5 Å². The zero-order chi connectivity index (χ0) is 18.4. The maximum atomic E-state index is 12.8. The maximum absolute atomic E-state index is 12.8. The van der Waals surface area contributed by atoms with Crippen molar-refractivity contribution in [3.05, 3.63) is 65.7 Å². The van der Waals surface area contributed by atoms with Gasteiger partial charge in [-0.2, -0.15) is 0 Å². The van der Waals surface area contributed by atoms with E-state index in [0.717, 1.165) is 59.2 Å². The van der Waals surface area contributed by atoms with Crippen molar-refractivity contribution in [3.63, 3.8) is 0 Å². The summed E-state index contributed by atoms with van der Waals surface area (Å²) in [6.07, 6.45) is 0.563. The summed E-state index contributed by atoms with van der Waals surface area (Å²) in [7, 11) is 0. The topological polar surface area (TPSA) is 52.6 Å². The van der Waals surface area contributed by atoms with Gasteiger partial charge in [0.25, 0.3) is 0 Å². The van der Waals surface area contributed by atoms with Gasteiger partial charge in [-0.15, -0.1) is 0 Å². The van der Waals surface area contributed by atoms with Crippen molar-refractivity contribution in [2.24, 2.45) is 0 Å². The van der Waals surface area contributed by atoms with Crippen LogP contribution in [0.25, 0.3) is 21.9 Å². The number of hydrogen-bond acceptors (Lipinski definition) is 4. The highest BCUT2D eigenvalue weighted by atomic mass is 16.3. The summed E-state index contributed by atoms with van der Waals surface area (Å²) in [4.78, 5) is 15.2. The van der Waals surface area contributed by atoms with Crippen molar-refractivity contribution in [3.8, 4) is 16.9 Å². The van der Waals surface area contributed by atoms with Gasteiger partial charge in [-0.05, 0) is 45.7 Å². The van der Waals surface area contributed by atoms with Crippen LogP contribution >= 0.6 is 0 Å². The van der Waals surface area contributed by atoms with Gasteiger partial charge in [0.1, 0.15) is 5.75 Å². The first-order chi connectivity index (χ1) is 13.2. The Balaban J connectivity index is 1.59. The summed E-state index contributed by atoms with van der Waals surface area (Å²) in [5.41, 5.74) is 3.88. The zero-order valence-corrected chi connectivity index (χ0v) is 15.1. The Morgan fingerprint density at radius 2 is 1.85 bits per heavy atom. The van der Waals surface area contributed by atoms with Gasteiger partial charge in [0, 0.05) is 44.2 Å². The van der Waals surface area contributed by atoms with Gasteiger partial charge < -0.3 is 10.4 Å². The highest BCUT2D eigenvalue weighted by Gasteiger charge is 2.29. The van der Waals surface area contributed by atoms with Gasteiger partial charge in [-0.25, -0.2) is 0 Å². The van der Waals surface area contributed by atoms with Gasteiger partial charge >= 0.3 is 0 Å². The maximum Gasteiger partial charge on any atom is 0.164 e. The van der Waals surface area contributed by atoms with Crippen LogP contribution in [0, 0.1) is 0 Å². The lowest BCUT2D eigenvalue weighted by Gasteiger charge is -2.37. The fourth-order valence-corrected chi connectivity index (χ4v) is 4.20. The molecule has 2 N–H and O–H groups in total. The van der Waals surface area contributed by atoms with E-state index in [1.54, 1.807) is 12.1 Å². The number of hydrogen-bond donors (Lipinski definition) is 2. The number of phenols is 1. The first-order valence-electron chi connectivity index (χ1n) is 9.52. The summed E-state index contributed by atoms with van der Waals surface area (Å²) in [5.74, 6) is 0.458. The third-order valence-corrected chi connectivity index (χ3v) is 5.84. The SMILES string of the molecule is O=C1CCN(C2CNC2)Cc2ccc(-c3cc(O)cc4ccccc34)cc21. The molecule has 136 valence electrons. The number of nitrogens with zero attached hydrogens (tertiary/aromatic N) is 1. The number of ketones is 1. The third-order valence-electron chi connectivity index (χ3n) is 5.84. The number of aromatic hydroxyl groups is 1. The molecular weight excluding hydrogens is 336 g/mol. The lowest BCUT2D eigenvalue weighted by atomic mass is 9.93. The van der Waals surface area contributed by atoms with Gasteiger partial charge in [0.2, 0.25) is 0 Å². The Hall–Kier alpha value is -2.69. The first-order valence-corrected chi connectivity index (χ1v) is 9.52. The van der Waals surface area contributed by atoms with Crippen LogP contribution in [0.15, 0.2) is 54.6 Å². The number of carbonyl (C=O) groups is 1. The van der Waals surface area contributed by atoms with E-state index in [0.29, 0.717) is 12.5 Å². The van der Waals surface area contributed by atoms with Gasteiger partial charge in [0.15, 0.2) is 5.78 Å². The molecule has 0 bridgehead atoms. The minimum Gasteiger partial charge on any atom is -0.508 e. The first kappa shape index (κ1) is 16.5. The molecule has 0 atom stereocenters. The van der Waals surface area contributed by atoms with Crippen molar-refractivity contribution in [1.29, 1.82) is 0 Å². The van der Waals surface area contributed by atoms with Gasteiger partial charge in [0.05, 0.1) is 0 Å². The number of fused-ring (bicyclic) bond motifs is 2. The molecule has 2 aliphatic rings. The summed E-state index contributed by atoms with van der Waals surface area (Å²) < 4.78 is 0. The molecule has 1 fully saturated rings. The molecule has 4 heteroatoms. The van der Waals surface area contributed by atoms with Gasteiger partial charge in [-0.3, -0.25) is 9.69 Å². The number of rotatable bonds is 2. The second-order valence-corrected chi connectivity index (χ2v) is 7.54. The molecule has 0 radical (unpaired) electrons. The number of carbonyl (C=O) groups excluding carboxylic acids is 1. The van der Waals surface area contributed by atoms with Crippen LogP contribution in [0.5, 0.6) is 5.75 Å². The minimum absolute atomic E-state index is 0.214. The summed E-state index contributed by atoms with van der Waals surface area (Å²) in [5, 5.41) is 15.6. The highest BCUT2D eigenvalue weighted by molar-refractivity contribution is 6.02. The lowest BCUT2D eigenvalue weighted by molar-refractivity contribution is 0.0943. The zero-order valence-electron chi connectivity index (χ0n) is 15.1. The standard InChI is InChI=1S/C23H22N2O2/c26-19-9-15-3-1-2-4-20(15)21(11-19)16-5-6-17-14-25(18-12-24-13-18)8-7-23(27)22(17)10-16/h1-6,9-11,18,24,26H,7-8,12-14H2. The molecule has 2 aliphatic heterocycles. The molecule has 3 aromatic rings. The monoisotopic (exact) mass is 358 g/mol. The molecule has 0 unspecified atom stereocenters. The second-order valence-electron chi connectivity index (χ2n) is 7.54. The van der Waals surface area contributed by atoms with E-state index in [-0.39, 0.29) is 11.5 Å². The third kappa shape index (κ3) is 2.91. The summed E-state index contributed by atoms with van der Waals surface area (Å²) in [6.45, 7) is 3.67. The molecule has 0 aliphatic carbocycles. The van der Waals surface area contributed by atoms with Crippen molar-refractivity contribution in [2.75, 3.05) is 19.6 Å². The van der Waals surface area contributed by atoms with Crippen LogP contribution < -0.4 is 5.32 Å². The highest BCUT2D eigenvalue weighted by Crippen LogP contribution is 2.34. The Labute approximate surface area is 158 Å². The fourth-order valence-electron chi connectivity index (χ4n) is 4.20. The molecule has 27 heavy (non-hydrogen) atoms. The van der Waals surface area contributed by atoms with E-state index in [1.807, 2.05) is 24.3 Å². The Bertz CT molecular complexity index is 1040. The van der Waals surface area contributed by atoms with E-state index in [2.05, 4.69) is 28.4 Å². The Kier molecular flexibility index (Phi) is 3.96. The molecular formula is C23H22N2O2. The van der Waals surface area contributed by atoms with E-state index in [1.165, 1.54) is 0 Å². The molecule has 0 saturated carbocycles. The van der Waals surface area contributed by atoms with Crippen molar-refractivity contribution in [2.45, 2.75) is 19.0 Å². The quantitative estimate of drug-likeness (QED) is 0.735. The average molecular weight is 358 g/mol. The van der Waals surface area contributed by atoms with Gasteiger partial charge in [-0.1, -0.05) is 36.4 Å². The van der Waals surface area contributed by atoms with E-state index in [9.17, 15) is 9.90 Å². The van der Waals surface area contributed by atoms with Crippen LogP contribution in [0.4, 0.5) is 0 Å². The fraction of sp³-hybridized carbons (Fsp3) is 0.261. The number of phenolic OH excluding ortho intramolecular Hbond substituents is 1. The summed E-state index contributed by atoms with van der Waals surface area (Å²) in [6, 6.07) is 18.3. The number of benzene rings is 3. The van der Waals surface area contributed by atoms with Crippen LogP contribution in [0.3, 0.4) is 0 Å². The molecule has 3 aromatic carbocycles. The largest absolute Gasteiger partial charge is 0.508 e. The van der Waals surface area contributed by atoms with E-state index < -0.39 is 0 Å². The van der Waals surface area contributed by atoms with E-state index in [4.69, 9.17) is 0 Å². The predicted octanol–water partition coefficient (Wildman–Crippen LogP) is 3.57. The molecule has 0 aromatic heterocycles. The minimum atomic E-state index is 0.214. The Morgan fingerprint density at radius 3 is 2.67 bits per heavy atom. The average Bonchev–Trinajstić information content (AvgIpc) is 2.79. The molecule has 4 nitrogen and oxygen atoms in total. The van der Waals surface area contributed by atoms with Crippen molar-refractivity contribution in [1.82, 2.24) is 10.2 Å². The molecule has 0 amide bonds. The van der Waals surface area contributed by atoms with Crippen LogP contribution in [0.1, 0.15) is 22.3 Å². The second kappa shape index (κ2) is 6.48. The van der Waals surface area contributed by atoms with Crippen molar-refractivity contribution >= 4 is 16.6 Å². The molecule has 2 heterocycles. The lowest BCUT2D eigenvalue weighted by Crippen LogP contribution is -2.56. The number of nitrogens with one attached hydrogen (secondary N) is 1. The predicted molar refractivity (Wildman–Crippen MR) is 107 cm³/mol. The smallest absolute Gasteiger partial charge is 0.164 e. The van der Waals surface area contributed by atoms with Crippen LogP contribution in [-0.2, 0) is 6.54 Å². The molecule has 5 rings (SSSR count). The molecule has 0 spiro atoms. The summed E-state index contributed by atoms with van der Waals surface area (Å²) >= 11 is 0. The van der Waals surface area contributed by atoms with E-state index >= 15 is 0 Å².